The van der Waals surface area contributed by atoms with Crippen molar-refractivity contribution in [3.63, 3.8) is 0 Å². The van der Waals surface area contributed by atoms with Gasteiger partial charge in [0.2, 0.25) is 0 Å². The molecule has 0 heteroatoms. The van der Waals surface area contributed by atoms with Crippen LogP contribution in [0, 0.1) is 11.8 Å². The fourth-order valence-electron chi connectivity index (χ4n) is 3.85. The number of aryl methyl sites for hydroxylation is 1. The third-order valence-corrected chi connectivity index (χ3v) is 5.58. The van der Waals surface area contributed by atoms with E-state index in [1.54, 1.807) is 0 Å². The van der Waals surface area contributed by atoms with Crippen LogP contribution in [0.1, 0.15) is 55.7 Å². The van der Waals surface area contributed by atoms with Crippen LogP contribution in [0.3, 0.4) is 0 Å². The quantitative estimate of drug-likeness (QED) is 0.182. The van der Waals surface area contributed by atoms with E-state index in [9.17, 15) is 0 Å². The van der Waals surface area contributed by atoms with Crippen LogP contribution in [0.25, 0.3) is 21.5 Å². The lowest BCUT2D eigenvalue weighted by atomic mass is 10.0. The molecule has 0 atom stereocenters. The Morgan fingerprint density at radius 2 is 1.17 bits per heavy atom. The van der Waals surface area contributed by atoms with Gasteiger partial charge in [0.15, 0.2) is 0 Å². The van der Waals surface area contributed by atoms with E-state index in [-0.39, 0.29) is 0 Å². The van der Waals surface area contributed by atoms with Gasteiger partial charge in [0, 0.05) is 11.1 Å². The van der Waals surface area contributed by atoms with Crippen LogP contribution in [0.15, 0.2) is 78.9 Å². The Kier molecular flexibility index (Phi) is 6.28. The first kappa shape index (κ1) is 19.3. The van der Waals surface area contributed by atoms with Gasteiger partial charge < -0.3 is 0 Å². The van der Waals surface area contributed by atoms with Crippen molar-refractivity contribution in [3.8, 4) is 11.8 Å². The fourth-order valence-corrected chi connectivity index (χ4v) is 3.85. The zero-order chi connectivity index (χ0) is 19.9. The molecule has 0 saturated carbocycles. The normalized spacial score (nSPS) is 10.8. The third-order valence-electron chi connectivity index (χ3n) is 5.58. The summed E-state index contributed by atoms with van der Waals surface area (Å²) in [6.07, 6.45) is 7.84. The molecule has 0 fully saturated rings. The van der Waals surface area contributed by atoms with Crippen LogP contribution in [-0.4, -0.2) is 0 Å². The van der Waals surface area contributed by atoms with E-state index in [1.165, 1.54) is 65.6 Å². The average molecular weight is 377 g/mol. The highest BCUT2D eigenvalue weighted by Gasteiger charge is 1.99. The summed E-state index contributed by atoms with van der Waals surface area (Å²) in [6, 6.07) is 28.3. The predicted octanol–water partition coefficient (Wildman–Crippen LogP) is 7.91. The molecule has 0 aliphatic rings. The van der Waals surface area contributed by atoms with Crippen LogP contribution in [0.5, 0.6) is 0 Å². The SMILES string of the molecule is CCCCCCCc1ccc(C#Cc2ccc3cc4ccccc4cc3c2)cc1. The fraction of sp³-hybridized carbons (Fsp3) is 0.241. The zero-order valence-electron chi connectivity index (χ0n) is 17.2. The minimum Gasteiger partial charge on any atom is -0.0654 e. The topological polar surface area (TPSA) is 0 Å². The van der Waals surface area contributed by atoms with E-state index in [4.69, 9.17) is 0 Å². The van der Waals surface area contributed by atoms with Gasteiger partial charge in [-0.15, -0.1) is 0 Å². The highest BCUT2D eigenvalue weighted by atomic mass is 14.0. The Morgan fingerprint density at radius 1 is 0.552 bits per heavy atom. The van der Waals surface area contributed by atoms with Crippen LogP contribution in [0.2, 0.25) is 0 Å². The van der Waals surface area contributed by atoms with Crippen LogP contribution < -0.4 is 0 Å². The second kappa shape index (κ2) is 9.44. The maximum atomic E-state index is 3.34. The van der Waals surface area contributed by atoms with Gasteiger partial charge in [0.05, 0.1) is 0 Å². The van der Waals surface area contributed by atoms with Crippen molar-refractivity contribution in [1.82, 2.24) is 0 Å². The molecule has 0 unspecified atom stereocenters. The molecule has 4 rings (SSSR count). The lowest BCUT2D eigenvalue weighted by Crippen LogP contribution is -1.86. The molecule has 0 aliphatic carbocycles. The van der Waals surface area contributed by atoms with Crippen molar-refractivity contribution in [1.29, 1.82) is 0 Å². The predicted molar refractivity (Wildman–Crippen MR) is 126 cm³/mol. The van der Waals surface area contributed by atoms with Gasteiger partial charge in [-0.25, -0.2) is 0 Å². The smallest absolute Gasteiger partial charge is 0.0255 e. The monoisotopic (exact) mass is 376 g/mol. The van der Waals surface area contributed by atoms with E-state index in [0.717, 1.165) is 11.1 Å². The summed E-state index contributed by atoms with van der Waals surface area (Å²) >= 11 is 0. The largest absolute Gasteiger partial charge is 0.0654 e. The van der Waals surface area contributed by atoms with Crippen LogP contribution in [0.4, 0.5) is 0 Å². The first-order valence-corrected chi connectivity index (χ1v) is 10.9. The lowest BCUT2D eigenvalue weighted by Gasteiger charge is -2.03. The Balaban J connectivity index is 1.45. The molecule has 0 amide bonds. The number of rotatable bonds is 6. The molecule has 0 spiro atoms. The summed E-state index contributed by atoms with van der Waals surface area (Å²) in [6.45, 7) is 2.26. The molecule has 29 heavy (non-hydrogen) atoms. The Hall–Kier alpha value is -3.04. The molecule has 0 saturated heterocycles. The second-order valence-corrected chi connectivity index (χ2v) is 7.87. The maximum absolute atomic E-state index is 3.34. The first-order chi connectivity index (χ1) is 14.3. The van der Waals surface area contributed by atoms with Crippen molar-refractivity contribution in [2.45, 2.75) is 45.4 Å². The molecule has 0 aliphatic heterocycles. The van der Waals surface area contributed by atoms with Gasteiger partial charge in [0.25, 0.3) is 0 Å². The highest BCUT2D eigenvalue weighted by Crippen LogP contribution is 2.23. The van der Waals surface area contributed by atoms with Gasteiger partial charge in [-0.2, -0.15) is 0 Å². The molecule has 0 nitrogen and oxygen atoms in total. The van der Waals surface area contributed by atoms with Gasteiger partial charge in [-0.3, -0.25) is 0 Å². The molecular weight excluding hydrogens is 348 g/mol. The Bertz CT molecular complexity index is 1150. The zero-order valence-corrected chi connectivity index (χ0v) is 17.2. The maximum Gasteiger partial charge on any atom is 0.0255 e. The highest BCUT2D eigenvalue weighted by molar-refractivity contribution is 5.98. The molecule has 4 aromatic carbocycles. The molecular formula is C29H28. The molecule has 0 N–H and O–H groups in total. The summed E-state index contributed by atoms with van der Waals surface area (Å²) in [7, 11) is 0. The van der Waals surface area contributed by atoms with Gasteiger partial charge in [-0.1, -0.05) is 86.9 Å². The summed E-state index contributed by atoms with van der Waals surface area (Å²) in [5, 5.41) is 5.06. The molecule has 4 aromatic rings. The Labute approximate surface area is 174 Å². The summed E-state index contributed by atoms with van der Waals surface area (Å²) in [4.78, 5) is 0. The number of benzene rings is 4. The summed E-state index contributed by atoms with van der Waals surface area (Å²) in [5.74, 6) is 6.66. The minimum atomic E-state index is 1.06. The van der Waals surface area contributed by atoms with Crippen molar-refractivity contribution in [3.05, 3.63) is 95.6 Å². The standard InChI is InChI=1S/C29H28/c1-2-3-4-5-6-9-23-12-14-24(15-13-23)16-17-25-18-19-28-21-26-10-7-8-11-27(26)22-29(28)20-25/h7-8,10-15,18-22H,2-6,9H2,1H3. The molecule has 0 heterocycles. The van der Waals surface area contributed by atoms with Gasteiger partial charge >= 0.3 is 0 Å². The lowest BCUT2D eigenvalue weighted by molar-refractivity contribution is 0.632. The minimum absolute atomic E-state index is 1.06. The van der Waals surface area contributed by atoms with Crippen molar-refractivity contribution in [2.75, 3.05) is 0 Å². The first-order valence-electron chi connectivity index (χ1n) is 10.9. The van der Waals surface area contributed by atoms with E-state index < -0.39 is 0 Å². The second-order valence-electron chi connectivity index (χ2n) is 7.87. The van der Waals surface area contributed by atoms with Crippen molar-refractivity contribution < 1.29 is 0 Å². The van der Waals surface area contributed by atoms with E-state index >= 15 is 0 Å². The van der Waals surface area contributed by atoms with Gasteiger partial charge in [0.1, 0.15) is 0 Å². The number of unbranched alkanes of at least 4 members (excludes halogenated alkanes) is 4. The van der Waals surface area contributed by atoms with E-state index in [1.807, 2.05) is 0 Å². The molecule has 0 aromatic heterocycles. The van der Waals surface area contributed by atoms with Gasteiger partial charge in [-0.05, 0) is 76.3 Å². The molecule has 0 bridgehead atoms. The molecule has 0 radical (unpaired) electrons. The number of hydrogen-bond acceptors (Lipinski definition) is 0. The van der Waals surface area contributed by atoms with E-state index in [0.29, 0.717) is 0 Å². The summed E-state index contributed by atoms with van der Waals surface area (Å²) < 4.78 is 0. The number of fused-ring (bicyclic) bond motifs is 2. The van der Waals surface area contributed by atoms with Crippen LogP contribution in [-0.2, 0) is 6.42 Å². The Morgan fingerprint density at radius 3 is 1.93 bits per heavy atom. The van der Waals surface area contributed by atoms with E-state index in [2.05, 4.69) is 97.6 Å². The van der Waals surface area contributed by atoms with Crippen molar-refractivity contribution >= 4 is 21.5 Å². The molecule has 144 valence electrons. The third kappa shape index (κ3) is 5.07. The average Bonchev–Trinajstić information content (AvgIpc) is 2.77. The number of hydrogen-bond donors (Lipinski definition) is 0. The summed E-state index contributed by atoms with van der Waals surface area (Å²) in [5.41, 5.74) is 3.57. The van der Waals surface area contributed by atoms with Crippen molar-refractivity contribution in [2.24, 2.45) is 0 Å². The van der Waals surface area contributed by atoms with Crippen LogP contribution >= 0.6 is 0 Å².